The van der Waals surface area contributed by atoms with Crippen LogP contribution in [-0.2, 0) is 0 Å². The molecule has 1 aromatic carbocycles. The lowest BCUT2D eigenvalue weighted by atomic mass is 10.1. The first-order valence-electron chi connectivity index (χ1n) is 7.59. The van der Waals surface area contributed by atoms with Crippen LogP contribution in [0, 0.1) is 6.92 Å². The van der Waals surface area contributed by atoms with Crippen LogP contribution in [0.1, 0.15) is 15.9 Å². The molecule has 0 atom stereocenters. The third-order valence-corrected chi connectivity index (χ3v) is 3.90. The molecular formula is C16H25N3O3. The lowest BCUT2D eigenvalue weighted by molar-refractivity contribution is 0.0946. The molecule has 1 aromatic rings. The van der Waals surface area contributed by atoms with Gasteiger partial charge in [0.15, 0.2) is 11.5 Å². The predicted molar refractivity (Wildman–Crippen MR) is 85.9 cm³/mol. The standard InChI is InChI=1S/C16H25N3O3/c1-12-10-14(21-2)15(22-3)11-13(12)16(20)18-6-9-19-7-4-17-5-8-19/h10-11,17H,4-9H2,1-3H3,(H,18,20). The van der Waals surface area contributed by atoms with Crippen LogP contribution in [0.2, 0.25) is 0 Å². The van der Waals surface area contributed by atoms with Gasteiger partial charge in [-0.05, 0) is 24.6 Å². The summed E-state index contributed by atoms with van der Waals surface area (Å²) in [4.78, 5) is 14.7. The van der Waals surface area contributed by atoms with E-state index >= 15 is 0 Å². The number of carbonyl (C=O) groups excluding carboxylic acids is 1. The lowest BCUT2D eigenvalue weighted by Crippen LogP contribution is -2.46. The molecule has 0 aromatic heterocycles. The van der Waals surface area contributed by atoms with Gasteiger partial charge in [-0.2, -0.15) is 0 Å². The molecule has 0 unspecified atom stereocenters. The highest BCUT2D eigenvalue weighted by molar-refractivity contribution is 5.96. The summed E-state index contributed by atoms with van der Waals surface area (Å²) in [6, 6.07) is 3.55. The zero-order valence-corrected chi connectivity index (χ0v) is 13.6. The summed E-state index contributed by atoms with van der Waals surface area (Å²) in [6.07, 6.45) is 0. The molecule has 0 spiro atoms. The van der Waals surface area contributed by atoms with Gasteiger partial charge in [-0.3, -0.25) is 9.69 Å². The van der Waals surface area contributed by atoms with E-state index in [0.29, 0.717) is 23.6 Å². The maximum absolute atomic E-state index is 12.3. The van der Waals surface area contributed by atoms with E-state index < -0.39 is 0 Å². The summed E-state index contributed by atoms with van der Waals surface area (Å²) >= 11 is 0. The molecular weight excluding hydrogens is 282 g/mol. The van der Waals surface area contributed by atoms with Crippen molar-refractivity contribution in [3.8, 4) is 11.5 Å². The molecule has 1 heterocycles. The number of piperazine rings is 1. The highest BCUT2D eigenvalue weighted by Crippen LogP contribution is 2.30. The second-order valence-corrected chi connectivity index (χ2v) is 5.37. The molecule has 0 radical (unpaired) electrons. The summed E-state index contributed by atoms with van der Waals surface area (Å²) in [5, 5.41) is 6.29. The van der Waals surface area contributed by atoms with E-state index in [9.17, 15) is 4.79 Å². The smallest absolute Gasteiger partial charge is 0.251 e. The maximum Gasteiger partial charge on any atom is 0.251 e. The van der Waals surface area contributed by atoms with Gasteiger partial charge in [-0.15, -0.1) is 0 Å². The first-order valence-corrected chi connectivity index (χ1v) is 7.59. The molecule has 6 nitrogen and oxygen atoms in total. The summed E-state index contributed by atoms with van der Waals surface area (Å²) in [5.41, 5.74) is 1.50. The Labute approximate surface area is 131 Å². The Kier molecular flexibility index (Phi) is 6.03. The molecule has 1 aliphatic heterocycles. The molecule has 6 heteroatoms. The minimum atomic E-state index is -0.0754. The number of carbonyl (C=O) groups is 1. The fourth-order valence-corrected chi connectivity index (χ4v) is 2.58. The van der Waals surface area contributed by atoms with Gasteiger partial charge in [-0.25, -0.2) is 0 Å². The normalized spacial score (nSPS) is 15.4. The number of nitrogens with one attached hydrogen (secondary N) is 2. The zero-order chi connectivity index (χ0) is 15.9. The molecule has 0 bridgehead atoms. The van der Waals surface area contributed by atoms with Gasteiger partial charge in [0.05, 0.1) is 14.2 Å². The number of amides is 1. The molecule has 2 N–H and O–H groups in total. The van der Waals surface area contributed by atoms with Crippen LogP contribution >= 0.6 is 0 Å². The Bertz CT molecular complexity index is 514. The second-order valence-electron chi connectivity index (χ2n) is 5.37. The van der Waals surface area contributed by atoms with Crippen molar-refractivity contribution in [3.05, 3.63) is 23.3 Å². The van der Waals surface area contributed by atoms with Gasteiger partial charge in [0.1, 0.15) is 0 Å². The Morgan fingerprint density at radius 1 is 1.23 bits per heavy atom. The van der Waals surface area contributed by atoms with Crippen molar-refractivity contribution in [2.45, 2.75) is 6.92 Å². The van der Waals surface area contributed by atoms with E-state index in [4.69, 9.17) is 9.47 Å². The van der Waals surface area contributed by atoms with Crippen molar-refractivity contribution >= 4 is 5.91 Å². The molecule has 1 amide bonds. The second kappa shape index (κ2) is 8.00. The van der Waals surface area contributed by atoms with Gasteiger partial charge < -0.3 is 20.1 Å². The molecule has 0 aliphatic carbocycles. The van der Waals surface area contributed by atoms with E-state index in [1.54, 1.807) is 20.3 Å². The molecule has 0 saturated carbocycles. The largest absolute Gasteiger partial charge is 0.493 e. The van der Waals surface area contributed by atoms with Crippen LogP contribution < -0.4 is 20.1 Å². The fraction of sp³-hybridized carbons (Fsp3) is 0.562. The minimum Gasteiger partial charge on any atom is -0.493 e. The van der Waals surface area contributed by atoms with Gasteiger partial charge in [-0.1, -0.05) is 0 Å². The highest BCUT2D eigenvalue weighted by Gasteiger charge is 2.15. The molecule has 1 fully saturated rings. The first-order chi connectivity index (χ1) is 10.7. The molecule has 1 aliphatic rings. The first kappa shape index (κ1) is 16.6. The van der Waals surface area contributed by atoms with E-state index in [-0.39, 0.29) is 5.91 Å². The molecule has 22 heavy (non-hydrogen) atoms. The number of aryl methyl sites for hydroxylation is 1. The summed E-state index contributed by atoms with van der Waals surface area (Å²) in [6.45, 7) is 7.52. The predicted octanol–water partition coefficient (Wildman–Crippen LogP) is 0.647. The van der Waals surface area contributed by atoms with E-state index in [2.05, 4.69) is 15.5 Å². The van der Waals surface area contributed by atoms with Crippen LogP contribution in [0.4, 0.5) is 0 Å². The van der Waals surface area contributed by atoms with Crippen molar-refractivity contribution in [3.63, 3.8) is 0 Å². The van der Waals surface area contributed by atoms with Gasteiger partial charge >= 0.3 is 0 Å². The van der Waals surface area contributed by atoms with E-state index in [1.807, 2.05) is 13.0 Å². The summed E-state index contributed by atoms with van der Waals surface area (Å²) in [5.74, 6) is 1.13. The van der Waals surface area contributed by atoms with Crippen LogP contribution in [-0.4, -0.2) is 64.3 Å². The number of hydrogen-bond acceptors (Lipinski definition) is 5. The van der Waals surface area contributed by atoms with Crippen molar-refractivity contribution in [2.75, 3.05) is 53.5 Å². The van der Waals surface area contributed by atoms with Crippen LogP contribution in [0.5, 0.6) is 11.5 Å². The Balaban J connectivity index is 1.94. The minimum absolute atomic E-state index is 0.0754. The molecule has 2 rings (SSSR count). The zero-order valence-electron chi connectivity index (χ0n) is 13.6. The third kappa shape index (κ3) is 4.11. The van der Waals surface area contributed by atoms with Gasteiger partial charge in [0.2, 0.25) is 0 Å². The number of nitrogens with zero attached hydrogens (tertiary/aromatic N) is 1. The van der Waals surface area contributed by atoms with Crippen molar-refractivity contribution in [2.24, 2.45) is 0 Å². The topological polar surface area (TPSA) is 62.8 Å². The van der Waals surface area contributed by atoms with Crippen LogP contribution in [0.25, 0.3) is 0 Å². The third-order valence-electron chi connectivity index (χ3n) is 3.90. The summed E-state index contributed by atoms with van der Waals surface area (Å²) in [7, 11) is 3.16. The fourth-order valence-electron chi connectivity index (χ4n) is 2.58. The number of benzene rings is 1. The average Bonchev–Trinajstić information content (AvgIpc) is 2.55. The maximum atomic E-state index is 12.3. The number of methoxy groups -OCH3 is 2. The van der Waals surface area contributed by atoms with E-state index in [0.717, 1.165) is 38.3 Å². The Morgan fingerprint density at radius 2 is 1.86 bits per heavy atom. The van der Waals surface area contributed by atoms with E-state index in [1.165, 1.54) is 0 Å². The average molecular weight is 307 g/mol. The summed E-state index contributed by atoms with van der Waals surface area (Å²) < 4.78 is 10.5. The van der Waals surface area contributed by atoms with Crippen molar-refractivity contribution in [1.82, 2.24) is 15.5 Å². The van der Waals surface area contributed by atoms with Crippen molar-refractivity contribution < 1.29 is 14.3 Å². The van der Waals surface area contributed by atoms with Crippen LogP contribution in [0.15, 0.2) is 12.1 Å². The van der Waals surface area contributed by atoms with Gasteiger partial charge in [0.25, 0.3) is 5.91 Å². The quantitative estimate of drug-likeness (QED) is 0.808. The molecule has 1 saturated heterocycles. The van der Waals surface area contributed by atoms with Crippen LogP contribution in [0.3, 0.4) is 0 Å². The molecule has 122 valence electrons. The SMILES string of the molecule is COc1cc(C)c(C(=O)NCCN2CCNCC2)cc1OC. The van der Waals surface area contributed by atoms with Crippen molar-refractivity contribution in [1.29, 1.82) is 0 Å². The number of rotatable bonds is 6. The number of hydrogen-bond donors (Lipinski definition) is 2. The lowest BCUT2D eigenvalue weighted by Gasteiger charge is -2.27. The van der Waals surface area contributed by atoms with Gasteiger partial charge in [0, 0.05) is 44.8 Å². The Morgan fingerprint density at radius 3 is 2.50 bits per heavy atom. The Hall–Kier alpha value is -1.79. The number of ether oxygens (including phenoxy) is 2. The monoisotopic (exact) mass is 307 g/mol. The highest BCUT2D eigenvalue weighted by atomic mass is 16.5.